The van der Waals surface area contributed by atoms with Gasteiger partial charge >= 0.3 is 5.97 Å². The fourth-order valence-corrected chi connectivity index (χ4v) is 4.54. The lowest BCUT2D eigenvalue weighted by atomic mass is 9.85. The average molecular weight is 605 g/mol. The molecule has 0 saturated carbocycles. The molecule has 1 amide bonds. The van der Waals surface area contributed by atoms with Crippen LogP contribution in [0.25, 0.3) is 0 Å². The minimum absolute atomic E-state index is 0.0718. The second-order valence-electron chi connectivity index (χ2n) is 9.60. The van der Waals surface area contributed by atoms with Crippen LogP contribution in [-0.2, 0) is 23.8 Å². The number of carbonyl (C=O) groups excluding carboxylic acids is 1. The average Bonchev–Trinajstić information content (AvgIpc) is 2.95. The van der Waals surface area contributed by atoms with Gasteiger partial charge < -0.3 is 65.1 Å². The second-order valence-corrected chi connectivity index (χ2v) is 9.60. The Morgan fingerprint density at radius 3 is 2.29 bits per heavy atom. The molecule has 1 aromatic carbocycles. The van der Waals surface area contributed by atoms with Crippen LogP contribution in [0.1, 0.15) is 6.92 Å². The molecule has 42 heavy (non-hydrogen) atoms. The fraction of sp³-hybridized carbons (Fsp3) is 0.583. The summed E-state index contributed by atoms with van der Waals surface area (Å²) in [7, 11) is 0. The molecule has 3 rings (SSSR count). The van der Waals surface area contributed by atoms with Gasteiger partial charge in [0.2, 0.25) is 12.2 Å². The van der Waals surface area contributed by atoms with Crippen LogP contribution in [0, 0.1) is 10.1 Å². The van der Waals surface area contributed by atoms with E-state index in [1.165, 1.54) is 0 Å². The summed E-state index contributed by atoms with van der Waals surface area (Å²) in [6.45, 7) is 2.59. The van der Waals surface area contributed by atoms with Gasteiger partial charge in [0, 0.05) is 24.6 Å². The zero-order chi connectivity index (χ0) is 31.5. The standard InChI is InChI=1S/C24H32N2O16/c1-9-16(31)15(25-10(2)29)20(17(32)13(30)7-27)41-24(9,23(35)36)42-21-18(33)14(8-28)40-22(19(21)34)39-12-5-3-11(4-6-12)26(37)38/h3-6,13-22,27-28,30-34H,1,7-8H2,2H3,(H,25,29)(H,35,36)/t13-,14-,15-,16+,17-,18+,19-,20-,21+,22-,24+/m1/s1. The number of benzene rings is 1. The van der Waals surface area contributed by atoms with E-state index in [0.717, 1.165) is 31.2 Å². The van der Waals surface area contributed by atoms with Gasteiger partial charge in [-0.3, -0.25) is 14.9 Å². The Hall–Kier alpha value is -3.30. The number of ether oxygens (including phenoxy) is 4. The lowest BCUT2D eigenvalue weighted by molar-refractivity contribution is -0.384. The smallest absolute Gasteiger partial charge is 0.369 e. The molecule has 2 saturated heterocycles. The lowest BCUT2D eigenvalue weighted by Crippen LogP contribution is -2.71. The van der Waals surface area contributed by atoms with Crippen LogP contribution in [-0.4, -0.2) is 138 Å². The van der Waals surface area contributed by atoms with E-state index < -0.39 is 103 Å². The number of aliphatic hydroxyl groups excluding tert-OH is 7. The van der Waals surface area contributed by atoms with Crippen molar-refractivity contribution >= 4 is 17.6 Å². The molecule has 2 fully saturated rings. The van der Waals surface area contributed by atoms with Gasteiger partial charge in [0.15, 0.2) is 0 Å². The fourth-order valence-electron chi connectivity index (χ4n) is 4.54. The Bertz CT molecular complexity index is 1150. The van der Waals surface area contributed by atoms with Crippen molar-refractivity contribution in [2.24, 2.45) is 0 Å². The molecule has 18 nitrogen and oxygen atoms in total. The van der Waals surface area contributed by atoms with Crippen LogP contribution in [0.4, 0.5) is 5.69 Å². The number of aliphatic carboxylic acids is 1. The van der Waals surface area contributed by atoms with E-state index in [1.54, 1.807) is 0 Å². The van der Waals surface area contributed by atoms with Crippen LogP contribution >= 0.6 is 0 Å². The molecular formula is C24H32N2O16. The number of nitrogens with one attached hydrogen (secondary N) is 1. The maximum atomic E-state index is 12.6. The molecule has 1 aromatic rings. The molecule has 18 heteroatoms. The molecule has 0 aromatic heterocycles. The van der Waals surface area contributed by atoms with Crippen molar-refractivity contribution < 1.29 is 74.3 Å². The summed E-state index contributed by atoms with van der Waals surface area (Å²) >= 11 is 0. The molecule has 2 aliphatic rings. The maximum absolute atomic E-state index is 12.6. The molecule has 11 atom stereocenters. The monoisotopic (exact) mass is 604 g/mol. The molecule has 2 heterocycles. The summed E-state index contributed by atoms with van der Waals surface area (Å²) in [5.74, 6) is -6.01. The number of non-ortho nitro benzene ring substituents is 1. The van der Waals surface area contributed by atoms with Crippen molar-refractivity contribution in [1.29, 1.82) is 0 Å². The van der Waals surface area contributed by atoms with E-state index in [4.69, 9.17) is 18.9 Å². The number of nitro benzene ring substituents is 1. The largest absolute Gasteiger partial charge is 0.477 e. The minimum Gasteiger partial charge on any atom is -0.477 e. The van der Waals surface area contributed by atoms with E-state index in [1.807, 2.05) is 0 Å². The Morgan fingerprint density at radius 1 is 1.17 bits per heavy atom. The van der Waals surface area contributed by atoms with E-state index in [9.17, 15) is 60.6 Å². The van der Waals surface area contributed by atoms with Crippen molar-refractivity contribution in [1.82, 2.24) is 5.32 Å². The molecule has 234 valence electrons. The molecule has 0 unspecified atom stereocenters. The number of carboxylic acids is 1. The van der Waals surface area contributed by atoms with E-state index >= 15 is 0 Å². The molecule has 0 radical (unpaired) electrons. The number of carbonyl (C=O) groups is 2. The summed E-state index contributed by atoms with van der Waals surface area (Å²) in [6.07, 6.45) is -17.4. The van der Waals surface area contributed by atoms with Crippen LogP contribution in [0.15, 0.2) is 36.4 Å². The third-order valence-corrected chi connectivity index (χ3v) is 6.77. The SMILES string of the molecule is C=C1[C@H](O)[C@@H](NC(C)=O)[C@H]([C@H](O)[C@H](O)CO)O[C@@]1(O[C@H]1[C@@H](O)[C@@H](CO)O[C@@H](Oc2ccc([N+](=O)[O-])cc2)[C@@H]1O)C(=O)O. The molecular weight excluding hydrogens is 572 g/mol. The van der Waals surface area contributed by atoms with Crippen LogP contribution < -0.4 is 10.1 Å². The minimum atomic E-state index is -3.17. The van der Waals surface area contributed by atoms with Gasteiger partial charge in [0.05, 0.1) is 24.2 Å². The zero-order valence-electron chi connectivity index (χ0n) is 22.0. The van der Waals surface area contributed by atoms with E-state index in [-0.39, 0.29) is 11.4 Å². The third-order valence-electron chi connectivity index (χ3n) is 6.77. The van der Waals surface area contributed by atoms with Crippen molar-refractivity contribution in [3.05, 3.63) is 46.5 Å². The highest BCUT2D eigenvalue weighted by Crippen LogP contribution is 2.40. The highest BCUT2D eigenvalue weighted by molar-refractivity contribution is 5.81. The summed E-state index contributed by atoms with van der Waals surface area (Å²) in [6, 6.07) is 2.86. The second kappa shape index (κ2) is 13.3. The Kier molecular flexibility index (Phi) is 10.5. The van der Waals surface area contributed by atoms with Crippen LogP contribution in [0.2, 0.25) is 0 Å². The van der Waals surface area contributed by atoms with Crippen LogP contribution in [0.5, 0.6) is 5.75 Å². The Morgan fingerprint density at radius 2 is 1.79 bits per heavy atom. The normalized spacial score (nSPS) is 34.7. The van der Waals surface area contributed by atoms with Gasteiger partial charge in [-0.15, -0.1) is 0 Å². The topological polar surface area (TPSA) is 288 Å². The van der Waals surface area contributed by atoms with Crippen molar-refractivity contribution in [3.63, 3.8) is 0 Å². The summed E-state index contributed by atoms with van der Waals surface area (Å²) in [4.78, 5) is 34.7. The summed E-state index contributed by atoms with van der Waals surface area (Å²) < 4.78 is 22.0. The van der Waals surface area contributed by atoms with Crippen molar-refractivity contribution in [2.75, 3.05) is 13.2 Å². The van der Waals surface area contributed by atoms with Gasteiger partial charge in [0.25, 0.3) is 11.5 Å². The third kappa shape index (κ3) is 6.52. The number of amides is 1. The lowest BCUT2D eigenvalue weighted by Gasteiger charge is -2.50. The number of nitrogens with zero attached hydrogens (tertiary/aromatic N) is 1. The van der Waals surface area contributed by atoms with E-state index in [0.29, 0.717) is 0 Å². The predicted octanol–water partition coefficient (Wildman–Crippen LogP) is -3.89. The summed E-state index contributed by atoms with van der Waals surface area (Å²) in [5.41, 5.74) is -1.05. The molecule has 2 aliphatic heterocycles. The predicted molar refractivity (Wildman–Crippen MR) is 133 cm³/mol. The first-order valence-electron chi connectivity index (χ1n) is 12.4. The molecule has 0 spiro atoms. The van der Waals surface area contributed by atoms with Gasteiger partial charge in [-0.25, -0.2) is 4.79 Å². The number of hydrogen-bond donors (Lipinski definition) is 9. The number of nitro groups is 1. The first kappa shape index (κ1) is 33.2. The highest BCUT2D eigenvalue weighted by atomic mass is 16.8. The first-order valence-corrected chi connectivity index (χ1v) is 12.4. The van der Waals surface area contributed by atoms with Gasteiger partial charge in [-0.2, -0.15) is 0 Å². The molecule has 9 N–H and O–H groups in total. The summed E-state index contributed by atoms with van der Waals surface area (Å²) in [5, 5.41) is 95.8. The zero-order valence-corrected chi connectivity index (χ0v) is 22.0. The maximum Gasteiger partial charge on any atom is 0.369 e. The Balaban J connectivity index is 1.99. The van der Waals surface area contributed by atoms with Crippen molar-refractivity contribution in [2.45, 2.75) is 73.9 Å². The molecule has 0 bridgehead atoms. The number of rotatable bonds is 11. The molecule has 0 aliphatic carbocycles. The number of hydrogen-bond acceptors (Lipinski definition) is 15. The first-order chi connectivity index (χ1) is 19.7. The number of aliphatic hydroxyl groups is 7. The van der Waals surface area contributed by atoms with Gasteiger partial charge in [-0.05, 0) is 12.1 Å². The van der Waals surface area contributed by atoms with Gasteiger partial charge in [0.1, 0.15) is 54.6 Å². The number of carboxylic acid groups (broad SMARTS) is 1. The quantitative estimate of drug-likeness (QED) is 0.0663. The van der Waals surface area contributed by atoms with Crippen molar-refractivity contribution in [3.8, 4) is 5.75 Å². The highest BCUT2D eigenvalue weighted by Gasteiger charge is 2.61. The van der Waals surface area contributed by atoms with Crippen LogP contribution in [0.3, 0.4) is 0 Å². The Labute approximate surface area is 237 Å². The van der Waals surface area contributed by atoms with E-state index in [2.05, 4.69) is 11.9 Å². The van der Waals surface area contributed by atoms with Gasteiger partial charge in [-0.1, -0.05) is 6.58 Å².